The van der Waals surface area contributed by atoms with Gasteiger partial charge in [0.05, 0.1) is 0 Å². The summed E-state index contributed by atoms with van der Waals surface area (Å²) in [6.45, 7) is 4.53. The van der Waals surface area contributed by atoms with Crippen molar-refractivity contribution < 1.29 is 0 Å². The molecular weight excluding hydrogens is 278 g/mol. The van der Waals surface area contributed by atoms with Crippen LogP contribution < -0.4 is 5.32 Å². The molecule has 0 saturated carbocycles. The molecule has 0 atom stereocenters. The lowest BCUT2D eigenvalue weighted by atomic mass is 9.99. The first-order valence-corrected chi connectivity index (χ1v) is 8.57. The van der Waals surface area contributed by atoms with E-state index < -0.39 is 0 Å². The Morgan fingerprint density at radius 2 is 1.62 bits per heavy atom. The van der Waals surface area contributed by atoms with Crippen LogP contribution in [0.1, 0.15) is 44.6 Å². The zero-order valence-electron chi connectivity index (χ0n) is 13.0. The normalized spacial score (nSPS) is 11.1. The molecule has 0 aliphatic rings. The highest BCUT2D eigenvalue weighted by Gasteiger charge is 2.03. The summed E-state index contributed by atoms with van der Waals surface area (Å²) in [4.78, 5) is 0. The minimum Gasteiger partial charge on any atom is -0.317 e. The van der Waals surface area contributed by atoms with Crippen molar-refractivity contribution in [3.63, 3.8) is 0 Å². The standard InChI is InChI=1S/C19H26ClN/c1-2-14-21-15-8-4-3-5-9-16-12-13-19(20)18-11-7-6-10-17(16)18/h6-7,10-13,21H,2-5,8-9,14-15H2,1H3. The first kappa shape index (κ1) is 16.3. The van der Waals surface area contributed by atoms with E-state index in [1.165, 1.54) is 48.4 Å². The summed E-state index contributed by atoms with van der Waals surface area (Å²) < 4.78 is 0. The third kappa shape index (κ3) is 5.01. The predicted octanol–water partition coefficient (Wildman–Crippen LogP) is 5.60. The highest BCUT2D eigenvalue weighted by atomic mass is 35.5. The summed E-state index contributed by atoms with van der Waals surface area (Å²) in [5.74, 6) is 0. The van der Waals surface area contributed by atoms with Gasteiger partial charge in [-0.3, -0.25) is 0 Å². The lowest BCUT2D eigenvalue weighted by Crippen LogP contribution is -2.15. The molecule has 1 nitrogen and oxygen atoms in total. The van der Waals surface area contributed by atoms with Gasteiger partial charge in [0, 0.05) is 10.4 Å². The summed E-state index contributed by atoms with van der Waals surface area (Å²) in [5, 5.41) is 6.81. The van der Waals surface area contributed by atoms with E-state index in [1.54, 1.807) is 0 Å². The smallest absolute Gasteiger partial charge is 0.0484 e. The minimum atomic E-state index is 0.858. The van der Waals surface area contributed by atoms with Crippen molar-refractivity contribution in [2.75, 3.05) is 13.1 Å². The van der Waals surface area contributed by atoms with Crippen LogP contribution >= 0.6 is 11.6 Å². The molecule has 0 spiro atoms. The first-order valence-electron chi connectivity index (χ1n) is 8.19. The van der Waals surface area contributed by atoms with E-state index in [0.717, 1.165) is 24.5 Å². The van der Waals surface area contributed by atoms with Crippen molar-refractivity contribution in [2.45, 2.75) is 45.4 Å². The highest BCUT2D eigenvalue weighted by molar-refractivity contribution is 6.35. The molecule has 2 rings (SSSR count). The Bertz CT molecular complexity index is 550. The molecule has 2 aromatic carbocycles. The maximum absolute atomic E-state index is 6.27. The molecule has 0 unspecified atom stereocenters. The molecule has 0 radical (unpaired) electrons. The van der Waals surface area contributed by atoms with Gasteiger partial charge in [-0.1, -0.05) is 61.7 Å². The number of rotatable bonds is 9. The molecule has 0 bridgehead atoms. The molecule has 114 valence electrons. The van der Waals surface area contributed by atoms with Crippen LogP contribution in [0.2, 0.25) is 5.02 Å². The molecule has 1 N–H and O–H groups in total. The molecule has 0 heterocycles. The fourth-order valence-electron chi connectivity index (χ4n) is 2.76. The Labute approximate surface area is 133 Å². The summed E-state index contributed by atoms with van der Waals surface area (Å²) in [6, 6.07) is 12.7. The van der Waals surface area contributed by atoms with Gasteiger partial charge in [-0.2, -0.15) is 0 Å². The molecule has 0 fully saturated rings. The second-order valence-electron chi connectivity index (χ2n) is 5.67. The minimum absolute atomic E-state index is 0.858. The van der Waals surface area contributed by atoms with Crippen molar-refractivity contribution in [2.24, 2.45) is 0 Å². The molecule has 0 aliphatic carbocycles. The van der Waals surface area contributed by atoms with Crippen LogP contribution in [0.4, 0.5) is 0 Å². The molecule has 0 aliphatic heterocycles. The Morgan fingerprint density at radius 1 is 0.857 bits per heavy atom. The van der Waals surface area contributed by atoms with Crippen molar-refractivity contribution in [3.05, 3.63) is 47.0 Å². The second-order valence-corrected chi connectivity index (χ2v) is 6.07. The quantitative estimate of drug-likeness (QED) is 0.595. The number of benzene rings is 2. The first-order chi connectivity index (χ1) is 10.3. The van der Waals surface area contributed by atoms with Crippen molar-refractivity contribution in [1.82, 2.24) is 5.32 Å². The molecule has 2 heteroatoms. The van der Waals surface area contributed by atoms with Gasteiger partial charge in [0.1, 0.15) is 0 Å². The maximum atomic E-state index is 6.27. The predicted molar refractivity (Wildman–Crippen MR) is 94.3 cm³/mol. The Hall–Kier alpha value is -1.05. The van der Waals surface area contributed by atoms with Gasteiger partial charge in [0.25, 0.3) is 0 Å². The van der Waals surface area contributed by atoms with Gasteiger partial charge in [-0.05, 0) is 55.8 Å². The lowest BCUT2D eigenvalue weighted by molar-refractivity contribution is 0.585. The number of hydrogen-bond donors (Lipinski definition) is 1. The molecule has 0 saturated heterocycles. The van der Waals surface area contributed by atoms with Crippen LogP contribution in [0, 0.1) is 0 Å². The van der Waals surface area contributed by atoms with Crippen LogP contribution in [0.5, 0.6) is 0 Å². The van der Waals surface area contributed by atoms with E-state index in [0.29, 0.717) is 0 Å². The van der Waals surface area contributed by atoms with E-state index in [-0.39, 0.29) is 0 Å². The van der Waals surface area contributed by atoms with Crippen molar-refractivity contribution >= 4 is 22.4 Å². The second kappa shape index (κ2) is 9.07. The van der Waals surface area contributed by atoms with Crippen LogP contribution in [0.3, 0.4) is 0 Å². The Morgan fingerprint density at radius 3 is 2.43 bits per heavy atom. The summed E-state index contributed by atoms with van der Waals surface area (Å²) >= 11 is 6.27. The average molecular weight is 304 g/mol. The monoisotopic (exact) mass is 303 g/mol. The third-order valence-electron chi connectivity index (χ3n) is 3.94. The maximum Gasteiger partial charge on any atom is 0.0484 e. The average Bonchev–Trinajstić information content (AvgIpc) is 2.52. The fourth-order valence-corrected chi connectivity index (χ4v) is 2.99. The zero-order chi connectivity index (χ0) is 14.9. The summed E-state index contributed by atoms with van der Waals surface area (Å²) in [7, 11) is 0. The van der Waals surface area contributed by atoms with E-state index in [9.17, 15) is 0 Å². The molecular formula is C19H26ClN. The van der Waals surface area contributed by atoms with Gasteiger partial charge >= 0.3 is 0 Å². The number of aryl methyl sites for hydroxylation is 1. The topological polar surface area (TPSA) is 12.0 Å². The van der Waals surface area contributed by atoms with E-state index >= 15 is 0 Å². The fraction of sp³-hybridized carbons (Fsp3) is 0.474. The molecule has 0 aromatic heterocycles. The van der Waals surface area contributed by atoms with Crippen LogP contribution in [-0.2, 0) is 6.42 Å². The number of unbranched alkanes of at least 4 members (excludes halogenated alkanes) is 3. The molecule has 2 aromatic rings. The van der Waals surface area contributed by atoms with Gasteiger partial charge in [0.2, 0.25) is 0 Å². The molecule has 21 heavy (non-hydrogen) atoms. The zero-order valence-corrected chi connectivity index (χ0v) is 13.8. The van der Waals surface area contributed by atoms with Crippen LogP contribution in [-0.4, -0.2) is 13.1 Å². The van der Waals surface area contributed by atoms with E-state index in [1.807, 2.05) is 6.07 Å². The lowest BCUT2D eigenvalue weighted by Gasteiger charge is -2.08. The molecule has 0 amide bonds. The third-order valence-corrected chi connectivity index (χ3v) is 4.27. The van der Waals surface area contributed by atoms with Gasteiger partial charge in [-0.15, -0.1) is 0 Å². The summed E-state index contributed by atoms with van der Waals surface area (Å²) in [5.41, 5.74) is 1.43. The summed E-state index contributed by atoms with van der Waals surface area (Å²) in [6.07, 6.45) is 7.57. The number of fused-ring (bicyclic) bond motifs is 1. The number of hydrogen-bond acceptors (Lipinski definition) is 1. The van der Waals surface area contributed by atoms with E-state index in [2.05, 4.69) is 42.6 Å². The Balaban J connectivity index is 1.78. The highest BCUT2D eigenvalue weighted by Crippen LogP contribution is 2.27. The SMILES string of the molecule is CCCNCCCCCCc1ccc(Cl)c2ccccc12. The van der Waals surface area contributed by atoms with Crippen molar-refractivity contribution in [1.29, 1.82) is 0 Å². The van der Waals surface area contributed by atoms with Gasteiger partial charge in [0.15, 0.2) is 0 Å². The number of halogens is 1. The van der Waals surface area contributed by atoms with Gasteiger partial charge < -0.3 is 5.32 Å². The number of nitrogens with one attached hydrogen (secondary N) is 1. The van der Waals surface area contributed by atoms with Crippen molar-refractivity contribution in [3.8, 4) is 0 Å². The largest absolute Gasteiger partial charge is 0.317 e. The van der Waals surface area contributed by atoms with Crippen LogP contribution in [0.25, 0.3) is 10.8 Å². The van der Waals surface area contributed by atoms with E-state index in [4.69, 9.17) is 11.6 Å². The Kier molecular flexibility index (Phi) is 7.05. The van der Waals surface area contributed by atoms with Gasteiger partial charge in [-0.25, -0.2) is 0 Å². The van der Waals surface area contributed by atoms with Crippen LogP contribution in [0.15, 0.2) is 36.4 Å².